The molecule has 0 bridgehead atoms. The number of hydrogen-bond donors (Lipinski definition) is 3. The number of allylic oxidation sites excluding steroid dienone is 3. The zero-order valence-electron chi connectivity index (χ0n) is 15.0. The number of rotatable bonds is 6. The van der Waals surface area contributed by atoms with Crippen molar-refractivity contribution in [2.75, 3.05) is 7.11 Å². The minimum atomic E-state index is -0.379. The van der Waals surface area contributed by atoms with Crippen molar-refractivity contribution in [3.63, 3.8) is 0 Å². The Labute approximate surface area is 152 Å². The quantitative estimate of drug-likeness (QED) is 0.313. The third kappa shape index (κ3) is 4.45. The molecule has 0 aromatic heterocycles. The lowest BCUT2D eigenvalue weighted by Gasteiger charge is -2.12. The first-order valence-corrected chi connectivity index (χ1v) is 8.10. The molecule has 2 aromatic carbocycles. The summed E-state index contributed by atoms with van der Waals surface area (Å²) in [4.78, 5) is 12.5. The van der Waals surface area contributed by atoms with Crippen LogP contribution in [0.15, 0.2) is 48.1 Å². The maximum absolute atomic E-state index is 12.5. The van der Waals surface area contributed by atoms with Gasteiger partial charge in [-0.2, -0.15) is 0 Å². The molecule has 5 heteroatoms. The van der Waals surface area contributed by atoms with Gasteiger partial charge in [0.2, 0.25) is 0 Å². The topological polar surface area (TPSA) is 87.0 Å². The number of carbonyl (C=O) groups is 1. The second-order valence-electron chi connectivity index (χ2n) is 6.07. The highest BCUT2D eigenvalue weighted by atomic mass is 16.5. The highest BCUT2D eigenvalue weighted by molar-refractivity contribution is 6.09. The molecule has 0 heterocycles. The van der Waals surface area contributed by atoms with Crippen molar-refractivity contribution in [3.05, 3.63) is 64.7 Å². The Morgan fingerprint density at radius 1 is 1.08 bits per heavy atom. The number of phenols is 3. The van der Waals surface area contributed by atoms with Gasteiger partial charge in [-0.1, -0.05) is 23.8 Å². The molecular formula is C21H22O5. The van der Waals surface area contributed by atoms with Crippen molar-refractivity contribution < 1.29 is 24.9 Å². The highest BCUT2D eigenvalue weighted by Gasteiger charge is 2.16. The Morgan fingerprint density at radius 2 is 1.81 bits per heavy atom. The SMILES string of the molecule is COc1ccc(C(=O)/C=C/c2ccc(O)c(O)c2)c(O)c1CC=C(C)C. The molecule has 26 heavy (non-hydrogen) atoms. The van der Waals surface area contributed by atoms with Gasteiger partial charge < -0.3 is 20.1 Å². The van der Waals surface area contributed by atoms with Crippen molar-refractivity contribution in [2.45, 2.75) is 20.3 Å². The predicted octanol–water partition coefficient (Wildman–Crippen LogP) is 4.22. The molecule has 3 N–H and O–H groups in total. The van der Waals surface area contributed by atoms with E-state index in [1.165, 1.54) is 37.5 Å². The fourth-order valence-electron chi connectivity index (χ4n) is 2.42. The van der Waals surface area contributed by atoms with Crippen LogP contribution in [0, 0.1) is 0 Å². The Balaban J connectivity index is 2.33. The zero-order valence-corrected chi connectivity index (χ0v) is 15.0. The second-order valence-corrected chi connectivity index (χ2v) is 6.07. The van der Waals surface area contributed by atoms with Crippen LogP contribution in [0.2, 0.25) is 0 Å². The van der Waals surface area contributed by atoms with Gasteiger partial charge in [0, 0.05) is 5.56 Å². The smallest absolute Gasteiger partial charge is 0.189 e. The Hall–Kier alpha value is -3.21. The maximum Gasteiger partial charge on any atom is 0.189 e. The van der Waals surface area contributed by atoms with Gasteiger partial charge in [-0.25, -0.2) is 0 Å². The van der Waals surface area contributed by atoms with Gasteiger partial charge in [0.15, 0.2) is 17.3 Å². The normalized spacial score (nSPS) is 10.7. The molecular weight excluding hydrogens is 332 g/mol. The van der Waals surface area contributed by atoms with Crippen LogP contribution in [0.1, 0.15) is 35.3 Å². The molecule has 0 radical (unpaired) electrons. The Kier molecular flexibility index (Phi) is 6.07. The van der Waals surface area contributed by atoms with Gasteiger partial charge >= 0.3 is 0 Å². The minimum Gasteiger partial charge on any atom is -0.507 e. The summed E-state index contributed by atoms with van der Waals surface area (Å²) in [6, 6.07) is 7.41. The summed E-state index contributed by atoms with van der Waals surface area (Å²) in [5, 5.41) is 29.3. The summed E-state index contributed by atoms with van der Waals surface area (Å²) >= 11 is 0. The van der Waals surface area contributed by atoms with E-state index in [2.05, 4.69) is 0 Å². The van der Waals surface area contributed by atoms with Gasteiger partial charge in [0.05, 0.1) is 12.7 Å². The third-order valence-electron chi connectivity index (χ3n) is 3.87. The van der Waals surface area contributed by atoms with Gasteiger partial charge in [0.25, 0.3) is 0 Å². The van der Waals surface area contributed by atoms with Crippen LogP contribution in [0.5, 0.6) is 23.0 Å². The molecule has 0 amide bonds. The summed E-state index contributed by atoms with van der Waals surface area (Å²) in [6.45, 7) is 3.91. The first kappa shape index (κ1) is 19.1. The summed E-state index contributed by atoms with van der Waals surface area (Å²) in [5.41, 5.74) is 2.36. The zero-order chi connectivity index (χ0) is 19.3. The molecule has 0 unspecified atom stereocenters. The number of benzene rings is 2. The first-order chi connectivity index (χ1) is 12.3. The van der Waals surface area contributed by atoms with E-state index in [4.69, 9.17) is 4.74 Å². The Bertz CT molecular complexity index is 874. The average molecular weight is 354 g/mol. The second kappa shape index (κ2) is 8.25. The molecule has 0 saturated carbocycles. The molecule has 0 aliphatic carbocycles. The van der Waals surface area contributed by atoms with Crippen molar-refractivity contribution >= 4 is 11.9 Å². The number of hydrogen-bond acceptors (Lipinski definition) is 5. The number of aromatic hydroxyl groups is 3. The predicted molar refractivity (Wildman–Crippen MR) is 101 cm³/mol. The van der Waals surface area contributed by atoms with E-state index >= 15 is 0 Å². The Morgan fingerprint density at radius 3 is 2.42 bits per heavy atom. The summed E-state index contributed by atoms with van der Waals surface area (Å²) in [5.74, 6) is -0.466. The number of ketones is 1. The van der Waals surface area contributed by atoms with E-state index < -0.39 is 0 Å². The van der Waals surface area contributed by atoms with Crippen LogP contribution in [0.25, 0.3) is 6.08 Å². The van der Waals surface area contributed by atoms with Crippen molar-refractivity contribution in [1.82, 2.24) is 0 Å². The monoisotopic (exact) mass is 354 g/mol. The van der Waals surface area contributed by atoms with Crippen LogP contribution in [0.4, 0.5) is 0 Å². The number of phenolic OH excluding ortho intramolecular Hbond substituents is 3. The summed E-state index contributed by atoms with van der Waals surface area (Å²) in [7, 11) is 1.51. The lowest BCUT2D eigenvalue weighted by Crippen LogP contribution is -2.00. The van der Waals surface area contributed by atoms with Gasteiger partial charge in [0.1, 0.15) is 11.5 Å². The van der Waals surface area contributed by atoms with Gasteiger partial charge in [-0.15, -0.1) is 0 Å². The van der Waals surface area contributed by atoms with E-state index in [-0.39, 0.29) is 28.6 Å². The molecule has 136 valence electrons. The molecule has 2 aromatic rings. The fraction of sp³-hybridized carbons (Fsp3) is 0.190. The maximum atomic E-state index is 12.5. The van der Waals surface area contributed by atoms with Crippen molar-refractivity contribution in [2.24, 2.45) is 0 Å². The molecule has 0 atom stereocenters. The van der Waals surface area contributed by atoms with Crippen LogP contribution in [0.3, 0.4) is 0 Å². The molecule has 0 aliphatic rings. The van der Waals surface area contributed by atoms with Crippen LogP contribution >= 0.6 is 0 Å². The number of ether oxygens (including phenoxy) is 1. The van der Waals surface area contributed by atoms with E-state index in [0.717, 1.165) is 5.57 Å². The largest absolute Gasteiger partial charge is 0.507 e. The van der Waals surface area contributed by atoms with Crippen LogP contribution in [-0.2, 0) is 6.42 Å². The van der Waals surface area contributed by atoms with Gasteiger partial charge in [-0.3, -0.25) is 4.79 Å². The van der Waals surface area contributed by atoms with Crippen molar-refractivity contribution in [1.29, 1.82) is 0 Å². The minimum absolute atomic E-state index is 0.106. The third-order valence-corrected chi connectivity index (χ3v) is 3.87. The van der Waals surface area contributed by atoms with Crippen molar-refractivity contribution in [3.8, 4) is 23.0 Å². The molecule has 0 fully saturated rings. The first-order valence-electron chi connectivity index (χ1n) is 8.10. The van der Waals surface area contributed by atoms with E-state index in [1.54, 1.807) is 12.1 Å². The van der Waals surface area contributed by atoms with Crippen LogP contribution < -0.4 is 4.74 Å². The van der Waals surface area contributed by atoms with E-state index in [0.29, 0.717) is 23.3 Å². The average Bonchev–Trinajstić information content (AvgIpc) is 2.60. The summed E-state index contributed by atoms with van der Waals surface area (Å²) < 4.78 is 5.28. The molecule has 0 spiro atoms. The van der Waals surface area contributed by atoms with Crippen LogP contribution in [-0.4, -0.2) is 28.2 Å². The highest BCUT2D eigenvalue weighted by Crippen LogP contribution is 2.33. The number of carbonyl (C=O) groups excluding carboxylic acids is 1. The lowest BCUT2D eigenvalue weighted by molar-refractivity contribution is 0.104. The van der Waals surface area contributed by atoms with E-state index in [9.17, 15) is 20.1 Å². The summed E-state index contributed by atoms with van der Waals surface area (Å²) in [6.07, 6.45) is 5.20. The number of methoxy groups -OCH3 is 1. The molecule has 5 nitrogen and oxygen atoms in total. The lowest BCUT2D eigenvalue weighted by atomic mass is 10.0. The van der Waals surface area contributed by atoms with E-state index in [1.807, 2.05) is 19.9 Å². The molecule has 2 rings (SSSR count). The molecule has 0 saturated heterocycles. The fourth-order valence-corrected chi connectivity index (χ4v) is 2.42. The molecule has 0 aliphatic heterocycles. The van der Waals surface area contributed by atoms with Gasteiger partial charge in [-0.05, 0) is 56.2 Å². The standard InChI is InChI=1S/C21H22O5/c1-13(2)4-7-16-20(26-3)11-8-15(21(16)25)17(22)9-5-14-6-10-18(23)19(24)12-14/h4-6,8-12,23-25H,7H2,1-3H3/b9-5+.